The minimum Gasteiger partial charge on any atom is -0.371 e. The maximum absolute atomic E-state index is 13.5. The van der Waals surface area contributed by atoms with Crippen LogP contribution in [0.2, 0.25) is 0 Å². The lowest BCUT2D eigenvalue weighted by Crippen LogP contribution is -2.42. The SMILES string of the molecule is CN1CCN(C(=O)c2csc(CCN)n2)c2ccc(F)cc21.Cl.Cl. The summed E-state index contributed by atoms with van der Waals surface area (Å²) in [5.41, 5.74) is 7.37. The van der Waals surface area contributed by atoms with Gasteiger partial charge in [-0.05, 0) is 24.7 Å². The number of hydrogen-bond donors (Lipinski definition) is 1. The first kappa shape index (κ1) is 20.6. The highest BCUT2D eigenvalue weighted by Crippen LogP contribution is 2.33. The summed E-state index contributed by atoms with van der Waals surface area (Å²) in [5.74, 6) is -0.459. The standard InChI is InChI=1S/C15H17FN4OS.2ClH/c1-19-6-7-20(12-3-2-10(16)8-13(12)19)15(21)11-9-22-14(18-11)4-5-17;;/h2-3,8-9H,4-7,17H2,1H3;2*1H. The van der Waals surface area contributed by atoms with Crippen LogP contribution < -0.4 is 15.5 Å². The quantitative estimate of drug-likeness (QED) is 0.871. The Hall–Kier alpha value is -1.41. The number of aromatic nitrogens is 1. The highest BCUT2D eigenvalue weighted by Gasteiger charge is 2.27. The summed E-state index contributed by atoms with van der Waals surface area (Å²) in [6.45, 7) is 1.72. The summed E-state index contributed by atoms with van der Waals surface area (Å²) >= 11 is 1.44. The number of benzene rings is 1. The lowest BCUT2D eigenvalue weighted by molar-refractivity contribution is 0.0982. The summed E-state index contributed by atoms with van der Waals surface area (Å²) in [6.07, 6.45) is 0.669. The molecule has 1 aliphatic rings. The van der Waals surface area contributed by atoms with Gasteiger partial charge in [0.2, 0.25) is 0 Å². The van der Waals surface area contributed by atoms with Crippen LogP contribution in [0.15, 0.2) is 23.6 Å². The molecule has 0 aliphatic carbocycles. The first-order valence-corrected chi connectivity index (χ1v) is 7.95. The average Bonchev–Trinajstić information content (AvgIpc) is 2.96. The Morgan fingerprint density at radius 1 is 1.33 bits per heavy atom. The third kappa shape index (κ3) is 3.97. The molecule has 5 nitrogen and oxygen atoms in total. The zero-order valence-electron chi connectivity index (χ0n) is 13.1. The van der Waals surface area contributed by atoms with Gasteiger partial charge < -0.3 is 15.5 Å². The molecule has 24 heavy (non-hydrogen) atoms. The number of carbonyl (C=O) groups excluding carboxylic acids is 1. The summed E-state index contributed by atoms with van der Waals surface area (Å²) in [7, 11) is 1.89. The summed E-state index contributed by atoms with van der Waals surface area (Å²) in [4.78, 5) is 20.7. The molecule has 1 aliphatic heterocycles. The van der Waals surface area contributed by atoms with Crippen molar-refractivity contribution < 1.29 is 9.18 Å². The molecule has 0 radical (unpaired) electrons. The Morgan fingerprint density at radius 3 is 2.79 bits per heavy atom. The molecule has 0 unspecified atom stereocenters. The zero-order chi connectivity index (χ0) is 15.7. The van der Waals surface area contributed by atoms with E-state index in [0.717, 1.165) is 10.7 Å². The fourth-order valence-corrected chi connectivity index (χ4v) is 3.31. The molecule has 0 saturated carbocycles. The second-order valence-corrected chi connectivity index (χ2v) is 6.12. The van der Waals surface area contributed by atoms with Gasteiger partial charge in [-0.2, -0.15) is 0 Å². The number of nitrogens with zero attached hydrogens (tertiary/aromatic N) is 3. The fourth-order valence-electron chi connectivity index (χ4n) is 2.52. The maximum atomic E-state index is 13.5. The van der Waals surface area contributed by atoms with Crippen LogP contribution in [0, 0.1) is 5.82 Å². The van der Waals surface area contributed by atoms with Gasteiger partial charge in [0.05, 0.1) is 16.4 Å². The van der Waals surface area contributed by atoms with Crippen molar-refractivity contribution in [2.75, 3.05) is 36.5 Å². The first-order valence-electron chi connectivity index (χ1n) is 7.07. The molecule has 0 fully saturated rings. The smallest absolute Gasteiger partial charge is 0.277 e. The van der Waals surface area contributed by atoms with E-state index in [1.165, 1.54) is 23.5 Å². The minimum absolute atomic E-state index is 0. The first-order chi connectivity index (χ1) is 10.6. The molecule has 1 aromatic heterocycles. The molecule has 2 N–H and O–H groups in total. The van der Waals surface area contributed by atoms with Crippen LogP contribution >= 0.6 is 36.2 Å². The molecule has 9 heteroatoms. The van der Waals surface area contributed by atoms with Crippen molar-refractivity contribution in [1.29, 1.82) is 0 Å². The third-order valence-corrected chi connectivity index (χ3v) is 4.58. The number of fused-ring (bicyclic) bond motifs is 1. The van der Waals surface area contributed by atoms with E-state index in [1.807, 2.05) is 11.9 Å². The Labute approximate surface area is 156 Å². The van der Waals surface area contributed by atoms with Crippen LogP contribution in [0.25, 0.3) is 0 Å². The topological polar surface area (TPSA) is 62.5 Å². The molecule has 3 rings (SSSR count). The number of rotatable bonds is 3. The van der Waals surface area contributed by atoms with E-state index in [0.29, 0.717) is 37.4 Å². The molecular weight excluding hydrogens is 374 g/mol. The second kappa shape index (κ2) is 8.62. The van der Waals surface area contributed by atoms with Crippen LogP contribution in [0.1, 0.15) is 15.5 Å². The number of carbonyl (C=O) groups is 1. The molecule has 0 bridgehead atoms. The fraction of sp³-hybridized carbons (Fsp3) is 0.333. The normalized spacial score (nSPS) is 13.0. The molecule has 0 spiro atoms. The van der Waals surface area contributed by atoms with Gasteiger partial charge >= 0.3 is 0 Å². The summed E-state index contributed by atoms with van der Waals surface area (Å²) in [6, 6.07) is 4.47. The number of nitrogens with two attached hydrogens (primary N) is 1. The van der Waals surface area contributed by atoms with Crippen molar-refractivity contribution >= 4 is 53.4 Å². The van der Waals surface area contributed by atoms with Crippen LogP contribution in [0.4, 0.5) is 15.8 Å². The monoisotopic (exact) mass is 392 g/mol. The second-order valence-electron chi connectivity index (χ2n) is 5.18. The lowest BCUT2D eigenvalue weighted by atomic mass is 10.1. The molecule has 0 saturated heterocycles. The Bertz CT molecular complexity index is 713. The largest absolute Gasteiger partial charge is 0.371 e. The van der Waals surface area contributed by atoms with Crippen molar-refractivity contribution in [1.82, 2.24) is 4.98 Å². The van der Waals surface area contributed by atoms with Crippen LogP contribution in [-0.4, -0.2) is 37.6 Å². The highest BCUT2D eigenvalue weighted by atomic mass is 35.5. The number of amides is 1. The lowest BCUT2D eigenvalue weighted by Gasteiger charge is -2.35. The maximum Gasteiger partial charge on any atom is 0.277 e. The third-order valence-electron chi connectivity index (χ3n) is 3.67. The predicted octanol–water partition coefficient (Wildman–Crippen LogP) is 2.72. The van der Waals surface area contributed by atoms with Crippen molar-refractivity contribution in [2.45, 2.75) is 6.42 Å². The Morgan fingerprint density at radius 2 is 2.08 bits per heavy atom. The summed E-state index contributed by atoms with van der Waals surface area (Å²) < 4.78 is 13.5. The van der Waals surface area contributed by atoms with Gasteiger partial charge in [0.15, 0.2) is 0 Å². The number of hydrogen-bond acceptors (Lipinski definition) is 5. The van der Waals surface area contributed by atoms with E-state index in [-0.39, 0.29) is 36.5 Å². The number of halogens is 3. The average molecular weight is 393 g/mol. The van der Waals surface area contributed by atoms with Gasteiger partial charge in [0.25, 0.3) is 5.91 Å². The minimum atomic E-state index is -0.307. The Kier molecular flexibility index (Phi) is 7.41. The van der Waals surface area contributed by atoms with Gasteiger partial charge in [-0.25, -0.2) is 9.37 Å². The number of thiazole rings is 1. The van der Waals surface area contributed by atoms with Crippen LogP contribution in [-0.2, 0) is 6.42 Å². The van der Waals surface area contributed by atoms with E-state index in [4.69, 9.17) is 5.73 Å². The molecule has 0 atom stereocenters. The molecule has 132 valence electrons. The molecule has 2 aromatic rings. The Balaban J connectivity index is 0.00000144. The van der Waals surface area contributed by atoms with E-state index in [1.54, 1.807) is 16.3 Å². The van der Waals surface area contributed by atoms with Crippen molar-refractivity contribution in [3.63, 3.8) is 0 Å². The zero-order valence-corrected chi connectivity index (χ0v) is 15.5. The molecular formula is C15H19Cl2FN4OS. The van der Waals surface area contributed by atoms with Crippen molar-refractivity contribution in [2.24, 2.45) is 5.73 Å². The van der Waals surface area contributed by atoms with Crippen molar-refractivity contribution in [3.05, 3.63) is 40.1 Å². The van der Waals surface area contributed by atoms with Gasteiger partial charge in [0, 0.05) is 31.9 Å². The van der Waals surface area contributed by atoms with Crippen LogP contribution in [0.5, 0.6) is 0 Å². The van der Waals surface area contributed by atoms with Gasteiger partial charge in [0.1, 0.15) is 11.5 Å². The number of likely N-dealkylation sites (N-methyl/N-ethyl adjacent to an activating group) is 1. The molecule has 1 aromatic carbocycles. The van der Waals surface area contributed by atoms with E-state index in [2.05, 4.69) is 4.98 Å². The molecule has 1 amide bonds. The molecule has 2 heterocycles. The number of anilines is 2. The van der Waals surface area contributed by atoms with Gasteiger partial charge in [-0.3, -0.25) is 4.79 Å². The predicted molar refractivity (Wildman–Crippen MR) is 101 cm³/mol. The van der Waals surface area contributed by atoms with Crippen LogP contribution in [0.3, 0.4) is 0 Å². The van der Waals surface area contributed by atoms with E-state index < -0.39 is 0 Å². The van der Waals surface area contributed by atoms with E-state index in [9.17, 15) is 9.18 Å². The van der Waals surface area contributed by atoms with Crippen molar-refractivity contribution in [3.8, 4) is 0 Å². The highest BCUT2D eigenvalue weighted by molar-refractivity contribution is 7.09. The van der Waals surface area contributed by atoms with Gasteiger partial charge in [-0.15, -0.1) is 36.2 Å². The van der Waals surface area contributed by atoms with Gasteiger partial charge in [-0.1, -0.05) is 0 Å². The summed E-state index contributed by atoms with van der Waals surface area (Å²) in [5, 5.41) is 2.62. The van der Waals surface area contributed by atoms with E-state index >= 15 is 0 Å².